The van der Waals surface area contributed by atoms with Crippen molar-refractivity contribution in [2.45, 2.75) is 0 Å². The summed E-state index contributed by atoms with van der Waals surface area (Å²) in [7, 11) is 0. The summed E-state index contributed by atoms with van der Waals surface area (Å²) in [5.74, 6) is -0.950. The molecule has 0 saturated carbocycles. The Morgan fingerprint density at radius 1 is 1.05 bits per heavy atom. The number of benzene rings is 2. The highest BCUT2D eigenvalue weighted by Gasteiger charge is 2.11. The zero-order valence-corrected chi connectivity index (χ0v) is 10.8. The monoisotopic (exact) mass is 283 g/mol. The van der Waals surface area contributed by atoms with Gasteiger partial charge in [0.2, 0.25) is 0 Å². The molecule has 1 aromatic heterocycles. The molecule has 104 valence electrons. The van der Waals surface area contributed by atoms with Crippen LogP contribution in [-0.2, 0) is 0 Å². The van der Waals surface area contributed by atoms with Crippen LogP contribution in [-0.4, -0.2) is 16.2 Å². The average molecular weight is 283 g/mol. The third kappa shape index (κ3) is 2.67. The van der Waals surface area contributed by atoms with E-state index in [1.807, 2.05) is 0 Å². The Labute approximate surface area is 119 Å². The highest BCUT2D eigenvalue weighted by atomic mass is 19.1. The molecule has 4 nitrogen and oxygen atoms in total. The number of carbonyl (C=O) groups is 1. The summed E-state index contributed by atoms with van der Waals surface area (Å²) in [6, 6.07) is 14.0. The lowest BCUT2D eigenvalue weighted by Crippen LogP contribution is -1.95. The molecule has 0 radical (unpaired) electrons. The summed E-state index contributed by atoms with van der Waals surface area (Å²) >= 11 is 0. The van der Waals surface area contributed by atoms with Crippen molar-refractivity contribution >= 4 is 5.97 Å². The van der Waals surface area contributed by atoms with Gasteiger partial charge < -0.3 is 9.63 Å². The van der Waals surface area contributed by atoms with Crippen LogP contribution in [0.3, 0.4) is 0 Å². The van der Waals surface area contributed by atoms with E-state index >= 15 is 0 Å². The maximum atomic E-state index is 13.2. The topological polar surface area (TPSA) is 63.3 Å². The number of nitrogens with zero attached hydrogens (tertiary/aromatic N) is 1. The fourth-order valence-corrected chi connectivity index (χ4v) is 2.00. The van der Waals surface area contributed by atoms with E-state index in [9.17, 15) is 9.18 Å². The molecule has 0 spiro atoms. The van der Waals surface area contributed by atoms with Crippen LogP contribution < -0.4 is 0 Å². The van der Waals surface area contributed by atoms with Gasteiger partial charge in [-0.05, 0) is 24.3 Å². The minimum atomic E-state index is -1.01. The standard InChI is InChI=1S/C16H10FNO3/c17-13-6-2-4-11(8-13)15-9-14(18-21-15)10-3-1-5-12(7-10)16(19)20/h1-9H,(H,19,20). The fraction of sp³-hybridized carbons (Fsp3) is 0. The normalized spacial score (nSPS) is 10.5. The lowest BCUT2D eigenvalue weighted by molar-refractivity contribution is 0.0697. The van der Waals surface area contributed by atoms with Crippen LogP contribution >= 0.6 is 0 Å². The Morgan fingerprint density at radius 3 is 2.57 bits per heavy atom. The molecular weight excluding hydrogens is 273 g/mol. The third-order valence-corrected chi connectivity index (χ3v) is 3.02. The first-order valence-electron chi connectivity index (χ1n) is 6.20. The first-order valence-corrected chi connectivity index (χ1v) is 6.20. The summed E-state index contributed by atoms with van der Waals surface area (Å²) in [6.45, 7) is 0. The van der Waals surface area contributed by atoms with Gasteiger partial charge in [0.05, 0.1) is 5.56 Å². The van der Waals surface area contributed by atoms with Gasteiger partial charge in [-0.3, -0.25) is 0 Å². The number of hydrogen-bond donors (Lipinski definition) is 1. The molecule has 0 atom stereocenters. The summed E-state index contributed by atoms with van der Waals surface area (Å²) in [6.07, 6.45) is 0. The van der Waals surface area contributed by atoms with Crippen LogP contribution in [0.25, 0.3) is 22.6 Å². The van der Waals surface area contributed by atoms with Crippen LogP contribution in [0.5, 0.6) is 0 Å². The Hall–Kier alpha value is -2.95. The molecule has 5 heteroatoms. The van der Waals surface area contributed by atoms with Gasteiger partial charge in [0.25, 0.3) is 0 Å². The van der Waals surface area contributed by atoms with E-state index in [2.05, 4.69) is 5.16 Å². The number of aromatic nitrogens is 1. The molecule has 0 saturated heterocycles. The highest BCUT2D eigenvalue weighted by Crippen LogP contribution is 2.26. The Bertz CT molecular complexity index is 811. The quantitative estimate of drug-likeness (QED) is 0.793. The van der Waals surface area contributed by atoms with E-state index in [1.165, 1.54) is 24.3 Å². The molecule has 0 amide bonds. The van der Waals surface area contributed by atoms with Crippen molar-refractivity contribution in [3.05, 3.63) is 66.0 Å². The van der Waals surface area contributed by atoms with Crippen LogP contribution in [0.15, 0.2) is 59.1 Å². The average Bonchev–Trinajstić information content (AvgIpc) is 2.97. The summed E-state index contributed by atoms with van der Waals surface area (Å²) < 4.78 is 18.4. The second-order valence-electron chi connectivity index (χ2n) is 4.47. The van der Waals surface area contributed by atoms with Crippen molar-refractivity contribution in [3.8, 4) is 22.6 Å². The summed E-state index contributed by atoms with van der Waals surface area (Å²) in [5.41, 5.74) is 1.87. The van der Waals surface area contributed by atoms with E-state index in [4.69, 9.17) is 9.63 Å². The van der Waals surface area contributed by atoms with Crippen molar-refractivity contribution in [3.63, 3.8) is 0 Å². The molecule has 0 aliphatic rings. The number of carboxylic acids is 1. The molecule has 0 aliphatic heterocycles. The van der Waals surface area contributed by atoms with Crippen LogP contribution in [0.2, 0.25) is 0 Å². The fourth-order valence-electron chi connectivity index (χ4n) is 2.00. The predicted molar refractivity (Wildman–Crippen MR) is 74.3 cm³/mol. The summed E-state index contributed by atoms with van der Waals surface area (Å²) in [4.78, 5) is 11.0. The second-order valence-corrected chi connectivity index (χ2v) is 4.47. The van der Waals surface area contributed by atoms with E-state index in [-0.39, 0.29) is 11.4 Å². The van der Waals surface area contributed by atoms with Gasteiger partial charge >= 0.3 is 5.97 Å². The number of rotatable bonds is 3. The van der Waals surface area contributed by atoms with Gasteiger partial charge in [-0.25, -0.2) is 9.18 Å². The zero-order chi connectivity index (χ0) is 14.8. The van der Waals surface area contributed by atoms with Crippen molar-refractivity contribution in [1.82, 2.24) is 5.16 Å². The van der Waals surface area contributed by atoms with E-state index in [0.29, 0.717) is 22.6 Å². The van der Waals surface area contributed by atoms with Crippen LogP contribution in [0, 0.1) is 5.82 Å². The lowest BCUT2D eigenvalue weighted by atomic mass is 10.1. The van der Waals surface area contributed by atoms with Crippen molar-refractivity contribution in [1.29, 1.82) is 0 Å². The highest BCUT2D eigenvalue weighted by molar-refractivity contribution is 5.89. The van der Waals surface area contributed by atoms with Gasteiger partial charge in [0.15, 0.2) is 5.76 Å². The lowest BCUT2D eigenvalue weighted by Gasteiger charge is -1.97. The molecular formula is C16H10FNO3. The SMILES string of the molecule is O=C(O)c1cccc(-c2cc(-c3cccc(F)c3)on2)c1. The Kier molecular flexibility index (Phi) is 3.23. The number of hydrogen-bond acceptors (Lipinski definition) is 3. The molecule has 21 heavy (non-hydrogen) atoms. The van der Waals surface area contributed by atoms with Crippen molar-refractivity contribution < 1.29 is 18.8 Å². The van der Waals surface area contributed by atoms with E-state index in [0.717, 1.165) is 0 Å². The molecule has 1 N–H and O–H groups in total. The second kappa shape index (κ2) is 5.20. The van der Waals surface area contributed by atoms with Gasteiger partial charge in [-0.15, -0.1) is 0 Å². The molecule has 1 heterocycles. The number of carboxylic acid groups (broad SMARTS) is 1. The number of aromatic carboxylic acids is 1. The van der Waals surface area contributed by atoms with E-state index < -0.39 is 5.97 Å². The van der Waals surface area contributed by atoms with Gasteiger partial charge in [-0.2, -0.15) is 0 Å². The maximum Gasteiger partial charge on any atom is 0.335 e. The zero-order valence-electron chi connectivity index (χ0n) is 10.8. The smallest absolute Gasteiger partial charge is 0.335 e. The molecule has 0 aliphatic carbocycles. The molecule has 2 aromatic carbocycles. The van der Waals surface area contributed by atoms with Crippen LogP contribution in [0.4, 0.5) is 4.39 Å². The van der Waals surface area contributed by atoms with Gasteiger partial charge in [-0.1, -0.05) is 29.4 Å². The largest absolute Gasteiger partial charge is 0.478 e. The maximum absolute atomic E-state index is 13.2. The van der Waals surface area contributed by atoms with Crippen molar-refractivity contribution in [2.75, 3.05) is 0 Å². The Balaban J connectivity index is 1.98. The summed E-state index contributed by atoms with van der Waals surface area (Å²) in [5, 5.41) is 12.9. The minimum absolute atomic E-state index is 0.169. The van der Waals surface area contributed by atoms with E-state index in [1.54, 1.807) is 30.3 Å². The first kappa shape index (κ1) is 13.1. The van der Waals surface area contributed by atoms with Crippen molar-refractivity contribution in [2.24, 2.45) is 0 Å². The van der Waals surface area contributed by atoms with Gasteiger partial charge in [0.1, 0.15) is 11.5 Å². The minimum Gasteiger partial charge on any atom is -0.478 e. The van der Waals surface area contributed by atoms with Gasteiger partial charge in [0, 0.05) is 17.2 Å². The first-order chi connectivity index (χ1) is 10.1. The number of halogens is 1. The molecule has 0 unspecified atom stereocenters. The molecule has 0 bridgehead atoms. The van der Waals surface area contributed by atoms with Crippen LogP contribution in [0.1, 0.15) is 10.4 Å². The molecule has 3 aromatic rings. The Morgan fingerprint density at radius 2 is 1.81 bits per heavy atom. The molecule has 0 fully saturated rings. The third-order valence-electron chi connectivity index (χ3n) is 3.02. The molecule has 3 rings (SSSR count). The predicted octanol–water partition coefficient (Wildman–Crippen LogP) is 3.85.